The Morgan fingerprint density at radius 1 is 1.37 bits per heavy atom. The van der Waals surface area contributed by atoms with Crippen LogP contribution < -0.4 is 10.6 Å². The molecule has 1 heterocycles. The monoisotopic (exact) mass is 262 g/mol. The molecule has 0 unspecified atom stereocenters. The molecule has 4 nitrogen and oxygen atoms in total. The summed E-state index contributed by atoms with van der Waals surface area (Å²) in [6, 6.07) is 4.44. The summed E-state index contributed by atoms with van der Waals surface area (Å²) in [5.41, 5.74) is 7.19. The Hall–Kier alpha value is -1.58. The minimum Gasteiger partial charge on any atom is -0.382 e. The van der Waals surface area contributed by atoms with Gasteiger partial charge in [-0.15, -0.1) is 0 Å². The Balaban J connectivity index is 3.08. The minimum absolute atomic E-state index is 0.0240. The molecule has 0 aliphatic carbocycles. The number of nitrogens with zero attached hydrogens (tertiary/aromatic N) is 2. The fourth-order valence-corrected chi connectivity index (χ4v) is 2.33. The number of rotatable bonds is 7. The van der Waals surface area contributed by atoms with Gasteiger partial charge in [-0.05, 0) is 30.9 Å². The minimum atomic E-state index is 0.0240. The lowest BCUT2D eigenvalue weighted by Gasteiger charge is -2.34. The van der Waals surface area contributed by atoms with Crippen LogP contribution >= 0.6 is 0 Å². The molecule has 0 radical (unpaired) electrons. The Kier molecular flexibility index (Phi) is 5.80. The van der Waals surface area contributed by atoms with Gasteiger partial charge in [0.2, 0.25) is 0 Å². The van der Waals surface area contributed by atoms with Gasteiger partial charge in [0, 0.05) is 24.5 Å². The van der Waals surface area contributed by atoms with Gasteiger partial charge in [-0.2, -0.15) is 0 Å². The van der Waals surface area contributed by atoms with Crippen molar-refractivity contribution in [3.63, 3.8) is 0 Å². The van der Waals surface area contributed by atoms with E-state index in [9.17, 15) is 0 Å². The molecule has 0 aliphatic rings. The highest BCUT2D eigenvalue weighted by molar-refractivity contribution is 5.93. The lowest BCUT2D eigenvalue weighted by molar-refractivity contribution is 0.507. The van der Waals surface area contributed by atoms with Crippen LogP contribution in [0.25, 0.3) is 0 Å². The highest BCUT2D eigenvalue weighted by Crippen LogP contribution is 2.22. The van der Waals surface area contributed by atoms with Gasteiger partial charge in [-0.3, -0.25) is 10.4 Å². The number of nitrogens with two attached hydrogens (primary N) is 1. The highest BCUT2D eigenvalue weighted by Gasteiger charge is 2.17. The molecule has 0 aromatic carbocycles. The van der Waals surface area contributed by atoms with Crippen molar-refractivity contribution in [2.75, 3.05) is 11.4 Å². The Labute approximate surface area is 116 Å². The van der Waals surface area contributed by atoms with Crippen LogP contribution in [0.1, 0.15) is 46.2 Å². The molecular weight excluding hydrogens is 236 g/mol. The van der Waals surface area contributed by atoms with E-state index in [1.165, 1.54) is 0 Å². The van der Waals surface area contributed by atoms with Crippen LogP contribution in [-0.4, -0.2) is 23.4 Å². The number of nitrogens with one attached hydrogen (secondary N) is 1. The molecule has 106 valence electrons. The summed E-state index contributed by atoms with van der Waals surface area (Å²) < 4.78 is 0. The number of pyridine rings is 1. The van der Waals surface area contributed by atoms with E-state index in [4.69, 9.17) is 11.1 Å². The van der Waals surface area contributed by atoms with Gasteiger partial charge < -0.3 is 10.6 Å². The van der Waals surface area contributed by atoms with E-state index in [2.05, 4.69) is 37.6 Å². The molecule has 1 aromatic heterocycles. The maximum Gasteiger partial charge on any atom is 0.141 e. The van der Waals surface area contributed by atoms with Crippen LogP contribution in [0.5, 0.6) is 0 Å². The molecule has 4 heteroatoms. The van der Waals surface area contributed by atoms with Crippen LogP contribution in [-0.2, 0) is 0 Å². The van der Waals surface area contributed by atoms with Gasteiger partial charge in [0.25, 0.3) is 0 Å². The summed E-state index contributed by atoms with van der Waals surface area (Å²) in [5.74, 6) is 0.616. The van der Waals surface area contributed by atoms with Gasteiger partial charge in [-0.1, -0.05) is 27.7 Å². The molecule has 1 aromatic rings. The molecule has 0 bridgehead atoms. The zero-order valence-electron chi connectivity index (χ0n) is 12.5. The second-order valence-corrected chi connectivity index (χ2v) is 5.33. The maximum absolute atomic E-state index is 7.51. The average Bonchev–Trinajstić information content (AvgIpc) is 2.38. The van der Waals surface area contributed by atoms with Gasteiger partial charge in [0.1, 0.15) is 11.5 Å². The average molecular weight is 262 g/mol. The van der Waals surface area contributed by atoms with Crippen LogP contribution in [0, 0.1) is 11.3 Å². The van der Waals surface area contributed by atoms with Crippen molar-refractivity contribution in [3.05, 3.63) is 24.0 Å². The Bertz CT molecular complexity index is 410. The van der Waals surface area contributed by atoms with Crippen molar-refractivity contribution >= 4 is 11.5 Å². The van der Waals surface area contributed by atoms with Gasteiger partial charge in [0.05, 0.1) is 0 Å². The molecule has 0 saturated heterocycles. The maximum atomic E-state index is 7.51. The second-order valence-electron chi connectivity index (χ2n) is 5.33. The summed E-state index contributed by atoms with van der Waals surface area (Å²) in [6.07, 6.45) is 3.96. The lowest BCUT2D eigenvalue weighted by Crippen LogP contribution is -2.37. The number of anilines is 1. The van der Waals surface area contributed by atoms with Crippen molar-refractivity contribution in [1.82, 2.24) is 4.98 Å². The fraction of sp³-hybridized carbons (Fsp3) is 0.600. The van der Waals surface area contributed by atoms with Gasteiger partial charge in [-0.25, -0.2) is 0 Å². The van der Waals surface area contributed by atoms with Crippen LogP contribution in [0.15, 0.2) is 18.3 Å². The number of hydrogen-bond donors (Lipinski definition) is 2. The Morgan fingerprint density at radius 3 is 2.47 bits per heavy atom. The Morgan fingerprint density at radius 2 is 2.00 bits per heavy atom. The fourth-order valence-electron chi connectivity index (χ4n) is 2.33. The molecule has 3 N–H and O–H groups in total. The van der Waals surface area contributed by atoms with E-state index in [1.54, 1.807) is 6.20 Å². The largest absolute Gasteiger partial charge is 0.382 e. The number of amidine groups is 1. The normalized spacial score (nSPS) is 11.1. The van der Waals surface area contributed by atoms with Crippen molar-refractivity contribution in [2.45, 2.75) is 46.6 Å². The zero-order chi connectivity index (χ0) is 14.4. The molecule has 19 heavy (non-hydrogen) atoms. The van der Waals surface area contributed by atoms with Gasteiger partial charge in [0.15, 0.2) is 0 Å². The predicted octanol–water partition coefficient (Wildman–Crippen LogP) is 3.02. The van der Waals surface area contributed by atoms with E-state index in [0.29, 0.717) is 17.7 Å². The van der Waals surface area contributed by atoms with E-state index in [0.717, 1.165) is 25.1 Å². The zero-order valence-corrected chi connectivity index (χ0v) is 12.5. The third-order valence-electron chi connectivity index (χ3n) is 3.30. The quantitative estimate of drug-likeness (QED) is 0.586. The molecule has 0 aliphatic heterocycles. The standard InChI is InChI=1S/C15H26N4/c1-5-12(6-2)19(10-11(3)4)13-7-8-18-14(9-13)15(16)17/h7-9,11-12H,5-6,10H2,1-4H3,(H3,16,17). The van der Waals surface area contributed by atoms with Crippen LogP contribution in [0.4, 0.5) is 5.69 Å². The molecule has 0 atom stereocenters. The smallest absolute Gasteiger partial charge is 0.141 e. The van der Waals surface area contributed by atoms with Crippen molar-refractivity contribution in [3.8, 4) is 0 Å². The summed E-state index contributed by atoms with van der Waals surface area (Å²) in [5, 5.41) is 7.51. The first kappa shape index (κ1) is 15.5. The van der Waals surface area contributed by atoms with E-state index in [-0.39, 0.29) is 5.84 Å². The first-order chi connectivity index (χ1) is 8.99. The number of hydrogen-bond acceptors (Lipinski definition) is 3. The van der Waals surface area contributed by atoms with Crippen LogP contribution in [0.3, 0.4) is 0 Å². The van der Waals surface area contributed by atoms with Crippen molar-refractivity contribution in [2.24, 2.45) is 11.7 Å². The molecule has 0 fully saturated rings. The number of aromatic nitrogens is 1. The SMILES string of the molecule is CCC(CC)N(CC(C)C)c1ccnc(C(=N)N)c1. The topological polar surface area (TPSA) is 66.0 Å². The van der Waals surface area contributed by atoms with Crippen molar-refractivity contribution < 1.29 is 0 Å². The lowest BCUT2D eigenvalue weighted by atomic mass is 10.1. The van der Waals surface area contributed by atoms with Crippen LogP contribution in [0.2, 0.25) is 0 Å². The molecule has 0 spiro atoms. The summed E-state index contributed by atoms with van der Waals surface area (Å²) in [7, 11) is 0. The molecular formula is C15H26N4. The highest BCUT2D eigenvalue weighted by atomic mass is 15.2. The summed E-state index contributed by atoms with van der Waals surface area (Å²) in [4.78, 5) is 6.55. The molecule has 1 rings (SSSR count). The van der Waals surface area contributed by atoms with E-state index in [1.807, 2.05) is 12.1 Å². The first-order valence-corrected chi connectivity index (χ1v) is 7.06. The second kappa shape index (κ2) is 7.12. The molecule has 0 saturated carbocycles. The predicted molar refractivity (Wildman–Crippen MR) is 81.8 cm³/mol. The van der Waals surface area contributed by atoms with Crippen molar-refractivity contribution in [1.29, 1.82) is 5.41 Å². The third-order valence-corrected chi connectivity index (χ3v) is 3.30. The first-order valence-electron chi connectivity index (χ1n) is 7.06. The summed E-state index contributed by atoms with van der Waals surface area (Å²) in [6.45, 7) is 9.89. The van der Waals surface area contributed by atoms with E-state index < -0.39 is 0 Å². The molecule has 0 amide bonds. The van der Waals surface area contributed by atoms with Gasteiger partial charge >= 0.3 is 0 Å². The third kappa shape index (κ3) is 4.23. The summed E-state index contributed by atoms with van der Waals surface area (Å²) >= 11 is 0. The van der Waals surface area contributed by atoms with E-state index >= 15 is 0 Å². The number of nitrogen functional groups attached to an aromatic ring is 1.